The summed E-state index contributed by atoms with van der Waals surface area (Å²) in [4.78, 5) is 0. The molecule has 0 aliphatic rings. The fourth-order valence-electron chi connectivity index (χ4n) is 1.29. The zero-order valence-corrected chi connectivity index (χ0v) is 8.46. The largest absolute Gasteiger partial charge is 0.392 e. The predicted octanol–water partition coefficient (Wildman–Crippen LogP) is 2.78. The second-order valence-corrected chi connectivity index (χ2v) is 3.50. The minimum absolute atomic E-state index is 0.116. The third kappa shape index (κ3) is 2.43. The summed E-state index contributed by atoms with van der Waals surface area (Å²) in [5.74, 6) is 0. The third-order valence-corrected chi connectivity index (χ3v) is 2.16. The highest BCUT2D eigenvalue weighted by atomic mass is 16.3. The maximum absolute atomic E-state index is 9.16. The van der Waals surface area contributed by atoms with E-state index in [-0.39, 0.29) is 6.61 Å². The van der Waals surface area contributed by atoms with Gasteiger partial charge in [-0.1, -0.05) is 35.4 Å². The number of aryl methyl sites for hydroxylation is 1. The molecule has 1 aromatic rings. The molecule has 0 saturated carbocycles. The molecule has 0 atom stereocenters. The predicted molar refractivity (Wildman–Crippen MR) is 56.5 cm³/mol. The lowest BCUT2D eigenvalue weighted by Gasteiger charge is -2.06. The van der Waals surface area contributed by atoms with Crippen LogP contribution < -0.4 is 0 Å². The van der Waals surface area contributed by atoms with Crippen molar-refractivity contribution >= 4 is 5.57 Å². The molecule has 0 spiro atoms. The van der Waals surface area contributed by atoms with Gasteiger partial charge in [0.2, 0.25) is 0 Å². The van der Waals surface area contributed by atoms with Crippen molar-refractivity contribution in [3.63, 3.8) is 0 Å². The quantitative estimate of drug-likeness (QED) is 0.734. The number of hydrogen-bond acceptors (Lipinski definition) is 1. The molecule has 0 bridgehead atoms. The van der Waals surface area contributed by atoms with Gasteiger partial charge in [-0.3, -0.25) is 0 Å². The highest BCUT2D eigenvalue weighted by Gasteiger charge is 2.00. The molecule has 1 rings (SSSR count). The van der Waals surface area contributed by atoms with Gasteiger partial charge in [-0.15, -0.1) is 0 Å². The van der Waals surface area contributed by atoms with Crippen LogP contribution in [0.5, 0.6) is 0 Å². The van der Waals surface area contributed by atoms with E-state index in [2.05, 4.69) is 19.1 Å². The van der Waals surface area contributed by atoms with Crippen LogP contribution in [-0.4, -0.2) is 11.7 Å². The van der Waals surface area contributed by atoms with Crippen molar-refractivity contribution in [2.75, 3.05) is 6.61 Å². The minimum Gasteiger partial charge on any atom is -0.392 e. The fraction of sp³-hybridized carbons (Fsp3) is 0.333. The van der Waals surface area contributed by atoms with E-state index < -0.39 is 0 Å². The molecule has 70 valence electrons. The normalized spacial score (nSPS) is 9.85. The molecule has 13 heavy (non-hydrogen) atoms. The Balaban J connectivity index is 3.07. The number of aliphatic hydroxyl groups excluding tert-OH is 1. The highest BCUT2D eigenvalue weighted by molar-refractivity contribution is 5.68. The zero-order valence-electron chi connectivity index (χ0n) is 8.46. The first-order chi connectivity index (χ1) is 6.15. The molecular formula is C12H16O. The molecule has 1 aromatic carbocycles. The standard InChI is InChI=1S/C12H16O/c1-9(2)12(8-13)11-6-4-10(3)5-7-11/h4-7,13H,8H2,1-3H3. The summed E-state index contributed by atoms with van der Waals surface area (Å²) in [6.45, 7) is 6.22. The van der Waals surface area contributed by atoms with E-state index in [4.69, 9.17) is 5.11 Å². The maximum Gasteiger partial charge on any atom is 0.0687 e. The average molecular weight is 176 g/mol. The number of allylic oxidation sites excluding steroid dienone is 1. The van der Waals surface area contributed by atoms with E-state index in [1.165, 1.54) is 11.1 Å². The Hall–Kier alpha value is -1.08. The Morgan fingerprint density at radius 3 is 2.08 bits per heavy atom. The Kier molecular flexibility index (Phi) is 3.26. The second kappa shape index (κ2) is 4.24. The lowest BCUT2D eigenvalue weighted by Crippen LogP contribution is -1.92. The molecule has 1 heteroatoms. The summed E-state index contributed by atoms with van der Waals surface area (Å²) in [5.41, 5.74) is 4.56. The van der Waals surface area contributed by atoms with E-state index in [0.717, 1.165) is 11.1 Å². The van der Waals surface area contributed by atoms with Crippen LogP contribution in [0.2, 0.25) is 0 Å². The summed E-state index contributed by atoms with van der Waals surface area (Å²) in [5, 5.41) is 9.16. The maximum atomic E-state index is 9.16. The topological polar surface area (TPSA) is 20.2 Å². The average Bonchev–Trinajstić information content (AvgIpc) is 2.09. The molecule has 0 heterocycles. The van der Waals surface area contributed by atoms with Gasteiger partial charge in [-0.25, -0.2) is 0 Å². The van der Waals surface area contributed by atoms with Crippen molar-refractivity contribution in [3.05, 3.63) is 41.0 Å². The Morgan fingerprint density at radius 1 is 1.15 bits per heavy atom. The first kappa shape index (κ1) is 10.0. The third-order valence-electron chi connectivity index (χ3n) is 2.16. The lowest BCUT2D eigenvalue weighted by molar-refractivity contribution is 0.349. The molecule has 1 nitrogen and oxygen atoms in total. The molecule has 0 aliphatic carbocycles. The van der Waals surface area contributed by atoms with Gasteiger partial charge in [0.15, 0.2) is 0 Å². The molecule has 0 radical (unpaired) electrons. The lowest BCUT2D eigenvalue weighted by atomic mass is 10.0. The van der Waals surface area contributed by atoms with Crippen molar-refractivity contribution in [1.82, 2.24) is 0 Å². The summed E-state index contributed by atoms with van der Waals surface area (Å²) in [7, 11) is 0. The van der Waals surface area contributed by atoms with E-state index >= 15 is 0 Å². The van der Waals surface area contributed by atoms with Gasteiger partial charge >= 0.3 is 0 Å². The van der Waals surface area contributed by atoms with Crippen molar-refractivity contribution in [1.29, 1.82) is 0 Å². The monoisotopic (exact) mass is 176 g/mol. The van der Waals surface area contributed by atoms with E-state index in [1.54, 1.807) is 0 Å². The van der Waals surface area contributed by atoms with Crippen LogP contribution in [0.1, 0.15) is 25.0 Å². The molecule has 0 amide bonds. The van der Waals surface area contributed by atoms with Crippen molar-refractivity contribution in [2.24, 2.45) is 0 Å². The van der Waals surface area contributed by atoms with Gasteiger partial charge < -0.3 is 5.11 Å². The Labute approximate surface area is 79.7 Å². The second-order valence-electron chi connectivity index (χ2n) is 3.50. The van der Waals surface area contributed by atoms with Crippen LogP contribution in [0.3, 0.4) is 0 Å². The number of benzene rings is 1. The summed E-state index contributed by atoms with van der Waals surface area (Å²) in [6.07, 6.45) is 0. The van der Waals surface area contributed by atoms with Crippen molar-refractivity contribution in [2.45, 2.75) is 20.8 Å². The first-order valence-electron chi connectivity index (χ1n) is 4.49. The van der Waals surface area contributed by atoms with Gasteiger partial charge in [0.05, 0.1) is 6.61 Å². The van der Waals surface area contributed by atoms with Gasteiger partial charge in [0.1, 0.15) is 0 Å². The summed E-state index contributed by atoms with van der Waals surface area (Å²) < 4.78 is 0. The molecule has 0 aliphatic heterocycles. The molecule has 0 fully saturated rings. The molecule has 0 aromatic heterocycles. The van der Waals surface area contributed by atoms with Gasteiger partial charge in [0, 0.05) is 0 Å². The van der Waals surface area contributed by atoms with Crippen molar-refractivity contribution in [3.8, 4) is 0 Å². The molecule has 1 N–H and O–H groups in total. The van der Waals surface area contributed by atoms with Crippen LogP contribution in [0.25, 0.3) is 5.57 Å². The van der Waals surface area contributed by atoms with Gasteiger partial charge in [-0.05, 0) is 31.9 Å². The number of rotatable bonds is 2. The van der Waals surface area contributed by atoms with Crippen LogP contribution in [0.4, 0.5) is 0 Å². The summed E-state index contributed by atoms with van der Waals surface area (Å²) >= 11 is 0. The zero-order chi connectivity index (χ0) is 9.84. The van der Waals surface area contributed by atoms with Crippen LogP contribution in [0, 0.1) is 6.92 Å². The van der Waals surface area contributed by atoms with Crippen LogP contribution >= 0.6 is 0 Å². The van der Waals surface area contributed by atoms with Crippen LogP contribution in [0.15, 0.2) is 29.8 Å². The Bertz CT molecular complexity index is 302. The minimum atomic E-state index is 0.116. The Morgan fingerprint density at radius 2 is 1.69 bits per heavy atom. The summed E-state index contributed by atoms with van der Waals surface area (Å²) in [6, 6.07) is 8.23. The van der Waals surface area contributed by atoms with Crippen molar-refractivity contribution < 1.29 is 5.11 Å². The van der Waals surface area contributed by atoms with E-state index in [1.807, 2.05) is 26.0 Å². The molecule has 0 unspecified atom stereocenters. The van der Waals surface area contributed by atoms with E-state index in [9.17, 15) is 0 Å². The SMILES string of the molecule is CC(C)=C(CO)c1ccc(C)cc1. The van der Waals surface area contributed by atoms with Crippen LogP contribution in [-0.2, 0) is 0 Å². The fourth-order valence-corrected chi connectivity index (χ4v) is 1.29. The molecular weight excluding hydrogens is 160 g/mol. The van der Waals surface area contributed by atoms with Gasteiger partial charge in [-0.2, -0.15) is 0 Å². The smallest absolute Gasteiger partial charge is 0.0687 e. The number of aliphatic hydroxyl groups is 1. The van der Waals surface area contributed by atoms with E-state index in [0.29, 0.717) is 0 Å². The first-order valence-corrected chi connectivity index (χ1v) is 4.49. The number of hydrogen-bond donors (Lipinski definition) is 1. The molecule has 0 saturated heterocycles. The highest BCUT2D eigenvalue weighted by Crippen LogP contribution is 2.18. The van der Waals surface area contributed by atoms with Gasteiger partial charge in [0.25, 0.3) is 0 Å².